The summed E-state index contributed by atoms with van der Waals surface area (Å²) in [4.78, 5) is 16.3. The van der Waals surface area contributed by atoms with Gasteiger partial charge in [-0.2, -0.15) is 0 Å². The van der Waals surface area contributed by atoms with E-state index >= 15 is 0 Å². The number of hydrogen-bond donors (Lipinski definition) is 1. The molecule has 1 aromatic heterocycles. The van der Waals surface area contributed by atoms with Gasteiger partial charge in [0, 0.05) is 29.9 Å². The topological polar surface area (TPSA) is 42.0 Å². The SMILES string of the molecule is CCCC(NC(=O)CCc1ccccn1)c1ccc(F)cc1F. The van der Waals surface area contributed by atoms with E-state index in [1.807, 2.05) is 25.1 Å². The quantitative estimate of drug-likeness (QED) is 0.840. The molecule has 1 N–H and O–H groups in total. The fraction of sp³-hybridized carbons (Fsp3) is 0.333. The highest BCUT2D eigenvalue weighted by Gasteiger charge is 2.18. The van der Waals surface area contributed by atoms with E-state index in [-0.39, 0.29) is 12.3 Å². The predicted molar refractivity (Wildman–Crippen MR) is 84.7 cm³/mol. The number of halogens is 2. The summed E-state index contributed by atoms with van der Waals surface area (Å²) in [5.74, 6) is -1.42. The first-order valence-electron chi connectivity index (χ1n) is 7.74. The van der Waals surface area contributed by atoms with E-state index in [0.29, 0.717) is 18.4 Å². The highest BCUT2D eigenvalue weighted by molar-refractivity contribution is 5.76. The third-order valence-electron chi connectivity index (χ3n) is 3.58. The maximum Gasteiger partial charge on any atom is 0.220 e. The van der Waals surface area contributed by atoms with Gasteiger partial charge in [0.15, 0.2) is 0 Å². The zero-order valence-electron chi connectivity index (χ0n) is 13.1. The van der Waals surface area contributed by atoms with E-state index in [9.17, 15) is 13.6 Å². The van der Waals surface area contributed by atoms with E-state index in [4.69, 9.17) is 0 Å². The lowest BCUT2D eigenvalue weighted by atomic mass is 10.0. The molecular formula is C18H20F2N2O. The van der Waals surface area contributed by atoms with Crippen LogP contribution < -0.4 is 5.32 Å². The fourth-order valence-electron chi connectivity index (χ4n) is 2.43. The Kier molecular flexibility index (Phi) is 6.20. The molecule has 3 nitrogen and oxygen atoms in total. The molecule has 2 rings (SSSR count). The Bertz CT molecular complexity index is 647. The molecule has 0 bridgehead atoms. The van der Waals surface area contributed by atoms with Gasteiger partial charge in [-0.1, -0.05) is 25.5 Å². The molecule has 1 aromatic carbocycles. The molecule has 122 valence electrons. The molecule has 2 aromatic rings. The highest BCUT2D eigenvalue weighted by atomic mass is 19.1. The first-order valence-corrected chi connectivity index (χ1v) is 7.74. The van der Waals surface area contributed by atoms with Crippen LogP contribution in [0.5, 0.6) is 0 Å². The normalized spacial score (nSPS) is 12.0. The van der Waals surface area contributed by atoms with Crippen molar-refractivity contribution in [3.8, 4) is 0 Å². The van der Waals surface area contributed by atoms with Gasteiger partial charge < -0.3 is 5.32 Å². The number of benzene rings is 1. The van der Waals surface area contributed by atoms with E-state index < -0.39 is 17.7 Å². The fourth-order valence-corrected chi connectivity index (χ4v) is 2.43. The van der Waals surface area contributed by atoms with Crippen LogP contribution in [0.1, 0.15) is 43.5 Å². The Morgan fingerprint density at radius 1 is 1.26 bits per heavy atom. The van der Waals surface area contributed by atoms with Gasteiger partial charge >= 0.3 is 0 Å². The van der Waals surface area contributed by atoms with Crippen molar-refractivity contribution in [2.45, 2.75) is 38.6 Å². The first-order chi connectivity index (χ1) is 11.1. The Balaban J connectivity index is 1.99. The minimum atomic E-state index is -0.631. The summed E-state index contributed by atoms with van der Waals surface area (Å²) >= 11 is 0. The number of nitrogens with one attached hydrogen (secondary N) is 1. The van der Waals surface area contributed by atoms with Gasteiger partial charge in [-0.15, -0.1) is 0 Å². The number of amides is 1. The van der Waals surface area contributed by atoms with Crippen molar-refractivity contribution in [3.05, 3.63) is 65.5 Å². The molecule has 0 aliphatic carbocycles. The molecule has 0 saturated carbocycles. The molecular weight excluding hydrogens is 298 g/mol. The van der Waals surface area contributed by atoms with Crippen molar-refractivity contribution in [2.75, 3.05) is 0 Å². The van der Waals surface area contributed by atoms with Crippen molar-refractivity contribution < 1.29 is 13.6 Å². The van der Waals surface area contributed by atoms with Gasteiger partial charge in [-0.05, 0) is 31.0 Å². The van der Waals surface area contributed by atoms with Crippen LogP contribution in [0.4, 0.5) is 8.78 Å². The molecule has 0 radical (unpaired) electrons. The Hall–Kier alpha value is -2.30. The largest absolute Gasteiger partial charge is 0.349 e. The molecule has 1 atom stereocenters. The molecule has 0 saturated heterocycles. The monoisotopic (exact) mass is 318 g/mol. The summed E-state index contributed by atoms with van der Waals surface area (Å²) < 4.78 is 27.0. The molecule has 23 heavy (non-hydrogen) atoms. The molecule has 1 amide bonds. The third kappa shape index (κ3) is 5.13. The molecule has 5 heteroatoms. The second kappa shape index (κ2) is 8.36. The minimum absolute atomic E-state index is 0.169. The van der Waals surface area contributed by atoms with Gasteiger partial charge in [0.1, 0.15) is 11.6 Å². The number of pyridine rings is 1. The van der Waals surface area contributed by atoms with Crippen molar-refractivity contribution in [1.29, 1.82) is 0 Å². The Labute approximate surface area is 134 Å². The molecule has 1 unspecified atom stereocenters. The zero-order chi connectivity index (χ0) is 16.7. The van der Waals surface area contributed by atoms with Gasteiger partial charge in [0.2, 0.25) is 5.91 Å². The van der Waals surface area contributed by atoms with Gasteiger partial charge in [-0.3, -0.25) is 9.78 Å². The number of carbonyl (C=O) groups is 1. The number of nitrogens with zero attached hydrogens (tertiary/aromatic N) is 1. The number of aryl methyl sites for hydroxylation is 1. The lowest BCUT2D eigenvalue weighted by Gasteiger charge is -2.19. The van der Waals surface area contributed by atoms with E-state index in [1.165, 1.54) is 12.1 Å². The summed E-state index contributed by atoms with van der Waals surface area (Å²) in [5.41, 5.74) is 1.15. The predicted octanol–water partition coefficient (Wildman–Crippen LogP) is 3.95. The van der Waals surface area contributed by atoms with Crippen molar-refractivity contribution in [1.82, 2.24) is 10.3 Å². The highest BCUT2D eigenvalue weighted by Crippen LogP contribution is 2.22. The first kappa shape index (κ1) is 17.1. The third-order valence-corrected chi connectivity index (χ3v) is 3.58. The van der Waals surface area contributed by atoms with Crippen LogP contribution >= 0.6 is 0 Å². The van der Waals surface area contributed by atoms with Gasteiger partial charge in [0.25, 0.3) is 0 Å². The molecule has 0 aliphatic heterocycles. The van der Waals surface area contributed by atoms with Crippen molar-refractivity contribution in [3.63, 3.8) is 0 Å². The number of carbonyl (C=O) groups excluding carboxylic acids is 1. The average Bonchev–Trinajstić information content (AvgIpc) is 2.54. The second-order valence-corrected chi connectivity index (χ2v) is 5.40. The molecule has 1 heterocycles. The smallest absolute Gasteiger partial charge is 0.220 e. The molecule has 0 spiro atoms. The summed E-state index contributed by atoms with van der Waals surface area (Å²) in [6.45, 7) is 1.95. The number of hydrogen-bond acceptors (Lipinski definition) is 2. The van der Waals surface area contributed by atoms with Crippen LogP contribution in [0.15, 0.2) is 42.6 Å². The second-order valence-electron chi connectivity index (χ2n) is 5.40. The summed E-state index contributed by atoms with van der Waals surface area (Å²) in [6, 6.07) is 8.54. The standard InChI is InChI=1S/C18H20F2N2O/c1-2-5-17(15-9-7-13(19)12-16(15)20)22-18(23)10-8-14-6-3-4-11-21-14/h3-4,6-7,9,11-12,17H,2,5,8,10H2,1H3,(H,22,23). The number of rotatable bonds is 7. The average molecular weight is 318 g/mol. The van der Waals surface area contributed by atoms with E-state index in [1.54, 1.807) is 6.20 Å². The van der Waals surface area contributed by atoms with Gasteiger partial charge in [0.05, 0.1) is 6.04 Å². The van der Waals surface area contributed by atoms with Crippen LogP contribution in [-0.4, -0.2) is 10.9 Å². The van der Waals surface area contributed by atoms with Crippen LogP contribution in [0.3, 0.4) is 0 Å². The number of aromatic nitrogens is 1. The van der Waals surface area contributed by atoms with Crippen molar-refractivity contribution >= 4 is 5.91 Å². The Morgan fingerprint density at radius 2 is 2.09 bits per heavy atom. The van der Waals surface area contributed by atoms with E-state index in [2.05, 4.69) is 10.3 Å². The van der Waals surface area contributed by atoms with Crippen LogP contribution in [0.25, 0.3) is 0 Å². The zero-order valence-corrected chi connectivity index (χ0v) is 13.1. The van der Waals surface area contributed by atoms with Crippen LogP contribution in [0, 0.1) is 11.6 Å². The molecule has 0 aliphatic rings. The maximum atomic E-state index is 13.9. The Morgan fingerprint density at radius 3 is 2.74 bits per heavy atom. The van der Waals surface area contributed by atoms with Crippen LogP contribution in [0.2, 0.25) is 0 Å². The lowest BCUT2D eigenvalue weighted by molar-refractivity contribution is -0.121. The summed E-state index contributed by atoms with van der Waals surface area (Å²) in [7, 11) is 0. The van der Waals surface area contributed by atoms with Crippen molar-refractivity contribution in [2.24, 2.45) is 0 Å². The maximum absolute atomic E-state index is 13.9. The van der Waals surface area contributed by atoms with Crippen LogP contribution in [-0.2, 0) is 11.2 Å². The van der Waals surface area contributed by atoms with E-state index in [0.717, 1.165) is 18.2 Å². The lowest BCUT2D eigenvalue weighted by Crippen LogP contribution is -2.29. The summed E-state index contributed by atoms with van der Waals surface area (Å²) in [6.07, 6.45) is 3.86. The van der Waals surface area contributed by atoms with Gasteiger partial charge in [-0.25, -0.2) is 8.78 Å². The minimum Gasteiger partial charge on any atom is -0.349 e. The molecule has 0 fully saturated rings. The summed E-state index contributed by atoms with van der Waals surface area (Å²) in [5, 5.41) is 2.84.